The summed E-state index contributed by atoms with van der Waals surface area (Å²) in [5.74, 6) is 2.56. The molecule has 0 saturated heterocycles. The highest BCUT2D eigenvalue weighted by Gasteiger charge is 2.63. The molecule has 4 aliphatic rings. The monoisotopic (exact) mass is 655 g/mol. The lowest BCUT2D eigenvalue weighted by Gasteiger charge is -2.62. The number of nitrogens with one attached hydrogen (secondary N) is 3. The molecule has 4 unspecified atom stereocenters. The van der Waals surface area contributed by atoms with E-state index in [1.54, 1.807) is 18.2 Å². The Labute approximate surface area is 284 Å². The second kappa shape index (κ2) is 16.8. The fourth-order valence-electron chi connectivity index (χ4n) is 11.0. The first-order valence-electron chi connectivity index (χ1n) is 19.2. The number of carbonyl (C=O) groups is 1. The van der Waals surface area contributed by atoms with Crippen molar-refractivity contribution >= 4 is 5.97 Å². The molecule has 7 N–H and O–H groups in total. The maximum Gasteiger partial charge on any atom is 0.339 e. The number of aliphatic hydroxyl groups excluding tert-OH is 1. The first-order valence-corrected chi connectivity index (χ1v) is 19.2. The Bertz CT molecular complexity index is 1140. The van der Waals surface area contributed by atoms with E-state index in [2.05, 4.69) is 36.7 Å². The fourth-order valence-corrected chi connectivity index (χ4v) is 11.0. The number of fused-ring (bicyclic) bond motifs is 5. The minimum Gasteiger partial charge on any atom is -0.492 e. The third kappa shape index (κ3) is 8.37. The van der Waals surface area contributed by atoms with Gasteiger partial charge in [0.15, 0.2) is 0 Å². The summed E-state index contributed by atoms with van der Waals surface area (Å²) in [6.45, 7) is 14.0. The molecule has 0 bridgehead atoms. The SMILES string of the molecule is C[C@H](COc1ccccc1C(=O)O)C1CCC2C3C(CC[C@@]21C)[C@@]1(C)CC[C@H](NCCCNCCCCNCCCN)C[C@H]1C[C@@H]3O. The van der Waals surface area contributed by atoms with Crippen molar-refractivity contribution in [3.05, 3.63) is 29.8 Å². The quantitative estimate of drug-likeness (QED) is 0.112. The van der Waals surface area contributed by atoms with Crippen LogP contribution in [-0.2, 0) is 0 Å². The molecule has 0 heterocycles. The number of hydrogen-bond donors (Lipinski definition) is 6. The molecule has 1 aromatic carbocycles. The predicted molar refractivity (Wildman–Crippen MR) is 190 cm³/mol. The van der Waals surface area contributed by atoms with Crippen LogP contribution in [0.3, 0.4) is 0 Å². The molecule has 4 fully saturated rings. The van der Waals surface area contributed by atoms with Crippen molar-refractivity contribution in [2.24, 2.45) is 52.1 Å². The number of nitrogens with two attached hydrogens (primary N) is 1. The highest BCUT2D eigenvalue weighted by Crippen LogP contribution is 2.68. The van der Waals surface area contributed by atoms with Gasteiger partial charge in [0, 0.05) is 6.04 Å². The zero-order valence-electron chi connectivity index (χ0n) is 29.7. The number of rotatable bonds is 18. The molecule has 0 aromatic heterocycles. The number of aromatic carboxylic acids is 1. The van der Waals surface area contributed by atoms with E-state index >= 15 is 0 Å². The van der Waals surface area contributed by atoms with E-state index in [1.165, 1.54) is 57.8 Å². The van der Waals surface area contributed by atoms with E-state index < -0.39 is 5.97 Å². The van der Waals surface area contributed by atoms with Crippen molar-refractivity contribution in [2.75, 3.05) is 45.9 Å². The Kier molecular flexibility index (Phi) is 13.1. The number of ether oxygens (including phenoxy) is 1. The molecule has 4 saturated carbocycles. The molecular weight excluding hydrogens is 588 g/mol. The molecule has 0 aliphatic heterocycles. The van der Waals surface area contributed by atoms with Crippen molar-refractivity contribution in [2.45, 2.75) is 110 Å². The second-order valence-corrected chi connectivity index (χ2v) is 16.2. The van der Waals surface area contributed by atoms with Crippen LogP contribution in [0.15, 0.2) is 24.3 Å². The van der Waals surface area contributed by atoms with E-state index in [-0.39, 0.29) is 17.1 Å². The molecule has 5 rings (SSSR count). The minimum atomic E-state index is -0.945. The van der Waals surface area contributed by atoms with Gasteiger partial charge in [0.05, 0.1) is 12.7 Å². The number of unbranched alkanes of at least 4 members (excludes halogenated alkanes) is 1. The summed E-state index contributed by atoms with van der Waals surface area (Å²) in [6.07, 6.45) is 14.0. The third-order valence-electron chi connectivity index (χ3n) is 13.5. The molecule has 1 aromatic rings. The van der Waals surface area contributed by atoms with Crippen LogP contribution in [-0.4, -0.2) is 74.2 Å². The van der Waals surface area contributed by atoms with Crippen LogP contribution >= 0.6 is 0 Å². The van der Waals surface area contributed by atoms with Gasteiger partial charge in [-0.15, -0.1) is 0 Å². The molecule has 47 heavy (non-hydrogen) atoms. The van der Waals surface area contributed by atoms with Gasteiger partial charge in [-0.05, 0) is 175 Å². The molecule has 0 spiro atoms. The van der Waals surface area contributed by atoms with Gasteiger partial charge in [-0.25, -0.2) is 4.79 Å². The summed E-state index contributed by atoms with van der Waals surface area (Å²) >= 11 is 0. The van der Waals surface area contributed by atoms with Crippen LogP contribution in [0.1, 0.15) is 108 Å². The Morgan fingerprint density at radius 2 is 1.60 bits per heavy atom. The van der Waals surface area contributed by atoms with Crippen LogP contribution in [0, 0.1) is 46.3 Å². The lowest BCUT2D eigenvalue weighted by molar-refractivity contribution is -0.167. The molecule has 0 radical (unpaired) electrons. The molecule has 4 aliphatic carbocycles. The third-order valence-corrected chi connectivity index (χ3v) is 13.5. The van der Waals surface area contributed by atoms with Gasteiger partial charge in [-0.3, -0.25) is 0 Å². The molecular formula is C39H66N4O4. The van der Waals surface area contributed by atoms with Crippen molar-refractivity contribution in [3.8, 4) is 5.75 Å². The summed E-state index contributed by atoms with van der Waals surface area (Å²) in [5, 5.41) is 32.4. The Morgan fingerprint density at radius 1 is 0.915 bits per heavy atom. The summed E-state index contributed by atoms with van der Waals surface area (Å²) < 4.78 is 6.15. The maximum atomic E-state index is 11.8. The number of hydrogen-bond acceptors (Lipinski definition) is 7. The summed E-state index contributed by atoms with van der Waals surface area (Å²) in [4.78, 5) is 11.7. The average Bonchev–Trinajstić information content (AvgIpc) is 3.42. The number of carboxylic acids is 1. The average molecular weight is 655 g/mol. The van der Waals surface area contributed by atoms with Gasteiger partial charge in [-0.2, -0.15) is 0 Å². The van der Waals surface area contributed by atoms with Crippen LogP contribution in [0.25, 0.3) is 0 Å². The van der Waals surface area contributed by atoms with Gasteiger partial charge < -0.3 is 36.6 Å². The highest BCUT2D eigenvalue weighted by atomic mass is 16.5. The van der Waals surface area contributed by atoms with Crippen LogP contribution in [0.4, 0.5) is 0 Å². The molecule has 266 valence electrons. The molecule has 8 nitrogen and oxygen atoms in total. The van der Waals surface area contributed by atoms with Gasteiger partial charge >= 0.3 is 5.97 Å². The molecule has 0 amide bonds. The predicted octanol–water partition coefficient (Wildman–Crippen LogP) is 5.69. The summed E-state index contributed by atoms with van der Waals surface area (Å²) in [5.41, 5.74) is 6.31. The van der Waals surface area contributed by atoms with Gasteiger partial charge in [0.25, 0.3) is 0 Å². The fraction of sp³-hybridized carbons (Fsp3) is 0.821. The maximum absolute atomic E-state index is 11.8. The van der Waals surface area contributed by atoms with E-state index in [0.29, 0.717) is 59.3 Å². The van der Waals surface area contributed by atoms with Gasteiger partial charge in [0.1, 0.15) is 11.3 Å². The van der Waals surface area contributed by atoms with Crippen molar-refractivity contribution in [3.63, 3.8) is 0 Å². The van der Waals surface area contributed by atoms with Crippen LogP contribution < -0.4 is 26.4 Å². The normalized spacial score (nSPS) is 35.5. The summed E-state index contributed by atoms with van der Waals surface area (Å²) in [7, 11) is 0. The highest BCUT2D eigenvalue weighted by molar-refractivity contribution is 5.90. The topological polar surface area (TPSA) is 129 Å². The number of para-hydroxylation sites is 1. The zero-order valence-corrected chi connectivity index (χ0v) is 29.7. The summed E-state index contributed by atoms with van der Waals surface area (Å²) in [6, 6.07) is 7.55. The first-order chi connectivity index (χ1) is 22.7. The first kappa shape index (κ1) is 36.6. The van der Waals surface area contributed by atoms with E-state index in [9.17, 15) is 15.0 Å². The zero-order chi connectivity index (χ0) is 33.4. The molecule has 10 atom stereocenters. The number of carboxylic acid groups (broad SMARTS) is 1. The smallest absolute Gasteiger partial charge is 0.339 e. The van der Waals surface area contributed by atoms with Crippen molar-refractivity contribution in [1.82, 2.24) is 16.0 Å². The Morgan fingerprint density at radius 3 is 2.34 bits per heavy atom. The Balaban J connectivity index is 1.07. The minimum absolute atomic E-state index is 0.200. The van der Waals surface area contributed by atoms with Crippen LogP contribution in [0.2, 0.25) is 0 Å². The molecule has 8 heteroatoms. The van der Waals surface area contributed by atoms with E-state index in [4.69, 9.17) is 10.5 Å². The van der Waals surface area contributed by atoms with Gasteiger partial charge in [0.2, 0.25) is 0 Å². The lowest BCUT2D eigenvalue weighted by atomic mass is 9.43. The van der Waals surface area contributed by atoms with Crippen LogP contribution in [0.5, 0.6) is 5.75 Å². The standard InChI is InChI=1S/C39H66N4O4/c1-27(26-47-35-11-5-4-10-30(35)37(45)46)31-12-13-32-36-33(15-17-39(31,32)3)38(2)16-14-29(24-28(38)25-34(36)44)43-23-9-22-42-20-7-6-19-41-21-8-18-40/h4-5,10-11,27-29,31-34,36,41-44H,6-9,12-26,40H2,1-3H3,(H,45,46)/t27-,28+,29+,31?,32?,33?,34+,36?,38+,39-/m1/s1. The Hall–Kier alpha value is -1.71. The second-order valence-electron chi connectivity index (χ2n) is 16.2. The largest absolute Gasteiger partial charge is 0.492 e. The van der Waals surface area contributed by atoms with Crippen molar-refractivity contribution < 1.29 is 19.7 Å². The number of benzene rings is 1. The van der Waals surface area contributed by atoms with Gasteiger partial charge in [-0.1, -0.05) is 32.9 Å². The van der Waals surface area contributed by atoms with E-state index in [1.807, 2.05) is 6.07 Å². The lowest BCUT2D eigenvalue weighted by Crippen LogP contribution is -2.59. The van der Waals surface area contributed by atoms with E-state index in [0.717, 1.165) is 58.5 Å². The van der Waals surface area contributed by atoms with Crippen molar-refractivity contribution in [1.29, 1.82) is 0 Å². The number of aliphatic hydroxyl groups is 1.